The first-order valence-corrected chi connectivity index (χ1v) is 25.0. The fraction of sp³-hybridized carbons (Fsp3) is 0.390. The lowest BCUT2D eigenvalue weighted by Crippen LogP contribution is -2.37. The lowest BCUT2D eigenvalue weighted by atomic mass is 9.84. The third kappa shape index (κ3) is 11.3. The molecule has 2 aliphatic rings. The van der Waals surface area contributed by atoms with Crippen molar-refractivity contribution >= 4 is 39.8 Å². The number of fused-ring (bicyclic) bond motifs is 4. The molecule has 2 amide bonds. The molecule has 0 aliphatic carbocycles. The lowest BCUT2D eigenvalue weighted by Gasteiger charge is -2.31. The number of hydrogen-bond donors (Lipinski definition) is 2. The van der Waals surface area contributed by atoms with Crippen molar-refractivity contribution in [2.45, 2.75) is 106 Å². The van der Waals surface area contributed by atoms with Crippen molar-refractivity contribution in [2.75, 3.05) is 33.3 Å². The van der Waals surface area contributed by atoms with Gasteiger partial charge in [-0.05, 0) is 167 Å². The van der Waals surface area contributed by atoms with E-state index in [9.17, 15) is 14.7 Å². The zero-order chi connectivity index (χ0) is 50.2. The summed E-state index contributed by atoms with van der Waals surface area (Å²) < 4.78 is 9.87. The van der Waals surface area contributed by atoms with Crippen LogP contribution in [-0.2, 0) is 49.0 Å². The van der Waals surface area contributed by atoms with Crippen LogP contribution >= 0.6 is 0 Å². The first kappa shape index (κ1) is 51.1. The van der Waals surface area contributed by atoms with E-state index >= 15 is 4.79 Å². The normalized spacial score (nSPS) is 14.7. The Labute approximate surface area is 414 Å². The minimum atomic E-state index is -0.152. The van der Waals surface area contributed by atoms with E-state index in [2.05, 4.69) is 58.5 Å². The van der Waals surface area contributed by atoms with Crippen LogP contribution in [-0.4, -0.2) is 74.6 Å². The third-order valence-electron chi connectivity index (χ3n) is 14.3. The second-order valence-electron chi connectivity index (χ2n) is 19.4. The molecule has 3 aromatic heterocycles. The summed E-state index contributed by atoms with van der Waals surface area (Å²) in [5, 5.41) is 15.1. The summed E-state index contributed by atoms with van der Waals surface area (Å²) in [6.07, 6.45) is 9.56. The van der Waals surface area contributed by atoms with Gasteiger partial charge in [-0.2, -0.15) is 0 Å². The van der Waals surface area contributed by atoms with Gasteiger partial charge in [-0.25, -0.2) is 4.98 Å². The zero-order valence-corrected chi connectivity index (χ0v) is 42.8. The maximum atomic E-state index is 15.0. The number of nitrogens with one attached hydrogen (secondary N) is 1. The molecule has 1 atom stereocenters. The Kier molecular flexibility index (Phi) is 16.7. The second-order valence-corrected chi connectivity index (χ2v) is 19.4. The predicted octanol–water partition coefficient (Wildman–Crippen LogP) is 10.9. The number of rotatable bonds is 16. The number of aryl methyl sites for hydroxylation is 1. The van der Waals surface area contributed by atoms with E-state index < -0.39 is 0 Å². The number of phenolic OH excluding ortho intramolecular Hbond substituents is 1. The van der Waals surface area contributed by atoms with Gasteiger partial charge in [-0.15, -0.1) is 0 Å². The average Bonchev–Trinajstić information content (AvgIpc) is 3.71. The molecule has 0 spiro atoms. The highest BCUT2D eigenvalue weighted by atomic mass is 16.5. The number of pyridine rings is 2. The lowest BCUT2D eigenvalue weighted by molar-refractivity contribution is -0.131. The second kappa shape index (κ2) is 22.8. The number of allylic oxidation sites excluding steroid dienone is 5. The van der Waals surface area contributed by atoms with E-state index in [0.29, 0.717) is 61.8 Å². The number of piperidine rings is 1. The van der Waals surface area contributed by atoms with Gasteiger partial charge in [0, 0.05) is 61.3 Å². The largest absolute Gasteiger partial charge is 0.508 e. The molecule has 2 N–H and O–H groups in total. The summed E-state index contributed by atoms with van der Waals surface area (Å²) in [5.74, 6) is 1.44. The van der Waals surface area contributed by atoms with Crippen LogP contribution < -0.4 is 15.6 Å². The van der Waals surface area contributed by atoms with Gasteiger partial charge in [-0.3, -0.25) is 19.0 Å². The molecule has 0 radical (unpaired) electrons. The fourth-order valence-electron chi connectivity index (χ4n) is 10.0. The predicted molar refractivity (Wildman–Crippen MR) is 285 cm³/mol. The van der Waals surface area contributed by atoms with Crippen LogP contribution in [0.1, 0.15) is 107 Å². The topological polar surface area (TPSA) is 122 Å². The highest BCUT2D eigenvalue weighted by Gasteiger charge is 2.27. The Morgan fingerprint density at radius 2 is 1.69 bits per heavy atom. The third-order valence-corrected chi connectivity index (χ3v) is 14.3. The minimum Gasteiger partial charge on any atom is -0.508 e. The molecule has 2 aliphatic heterocycles. The molecule has 11 nitrogen and oxygen atoms in total. The number of hydrogen-bond acceptors (Lipinski definition) is 7. The van der Waals surface area contributed by atoms with E-state index in [1.807, 2.05) is 102 Å². The van der Waals surface area contributed by atoms with Gasteiger partial charge in [0.05, 0.1) is 29.4 Å². The highest BCUT2D eigenvalue weighted by Crippen LogP contribution is 2.40. The minimum absolute atomic E-state index is 0.00192. The van der Waals surface area contributed by atoms with Crippen LogP contribution in [0.25, 0.3) is 38.8 Å². The van der Waals surface area contributed by atoms with Crippen LogP contribution in [0.15, 0.2) is 113 Å². The maximum absolute atomic E-state index is 15.0. The Morgan fingerprint density at radius 1 is 0.943 bits per heavy atom. The maximum Gasteiger partial charge on any atom is 0.265 e. The molecule has 3 aromatic carbocycles. The summed E-state index contributed by atoms with van der Waals surface area (Å²) in [7, 11) is 4.17. The molecular formula is C59H72N6O5. The molecule has 0 bridgehead atoms. The summed E-state index contributed by atoms with van der Waals surface area (Å²) in [6, 6.07) is 23.8. The molecule has 1 fully saturated rings. The van der Waals surface area contributed by atoms with Crippen LogP contribution in [0, 0.1) is 5.92 Å². The van der Waals surface area contributed by atoms with Crippen molar-refractivity contribution in [3.8, 4) is 22.9 Å². The smallest absolute Gasteiger partial charge is 0.265 e. The van der Waals surface area contributed by atoms with E-state index in [4.69, 9.17) is 4.74 Å². The number of benzene rings is 3. The van der Waals surface area contributed by atoms with Gasteiger partial charge in [0.1, 0.15) is 5.75 Å². The van der Waals surface area contributed by atoms with Crippen molar-refractivity contribution < 1.29 is 19.4 Å². The molecule has 6 aromatic rings. The van der Waals surface area contributed by atoms with Gasteiger partial charge in [0.25, 0.3) is 5.56 Å². The average molecular weight is 945 g/mol. The summed E-state index contributed by atoms with van der Waals surface area (Å²) >= 11 is 0. The van der Waals surface area contributed by atoms with Crippen molar-refractivity contribution in [1.29, 1.82) is 0 Å². The van der Waals surface area contributed by atoms with E-state index in [-0.39, 0.29) is 29.6 Å². The van der Waals surface area contributed by atoms with Gasteiger partial charge < -0.3 is 29.5 Å². The van der Waals surface area contributed by atoms with Gasteiger partial charge >= 0.3 is 0 Å². The van der Waals surface area contributed by atoms with E-state index in [0.717, 1.165) is 104 Å². The monoisotopic (exact) mass is 945 g/mol. The van der Waals surface area contributed by atoms with Crippen LogP contribution in [0.3, 0.4) is 0 Å². The van der Waals surface area contributed by atoms with E-state index in [1.165, 1.54) is 12.8 Å². The van der Waals surface area contributed by atoms with Crippen LogP contribution in [0.5, 0.6) is 11.6 Å². The van der Waals surface area contributed by atoms with Gasteiger partial charge in [0.15, 0.2) is 0 Å². The number of amides is 2. The quantitative estimate of drug-likeness (QED) is 0.0732. The van der Waals surface area contributed by atoms with Crippen molar-refractivity contribution in [1.82, 2.24) is 29.2 Å². The zero-order valence-electron chi connectivity index (χ0n) is 42.8. The number of phenols is 1. The fourth-order valence-corrected chi connectivity index (χ4v) is 10.0. The Morgan fingerprint density at radius 3 is 2.37 bits per heavy atom. The van der Waals surface area contributed by atoms with Gasteiger partial charge in [0.2, 0.25) is 18.2 Å². The van der Waals surface area contributed by atoms with Crippen molar-refractivity contribution in [2.24, 2.45) is 13.0 Å². The molecule has 0 saturated carbocycles. The Balaban J connectivity index is 0.00000356. The Bertz CT molecular complexity index is 3000. The summed E-state index contributed by atoms with van der Waals surface area (Å²) in [6.45, 7) is 22.7. The molecule has 11 heteroatoms. The molecule has 70 heavy (non-hydrogen) atoms. The van der Waals surface area contributed by atoms with Gasteiger partial charge in [-0.1, -0.05) is 74.9 Å². The summed E-state index contributed by atoms with van der Waals surface area (Å²) in [5.41, 5.74) is 13.2. The number of carbonyl (C=O) groups excluding carboxylic acids is 2. The number of likely N-dealkylation sites (tertiary alicyclic amines) is 1. The number of aromatic nitrogens is 3. The molecule has 1 saturated heterocycles. The number of ether oxygens (including phenoxy) is 1. The molecule has 368 valence electrons. The van der Waals surface area contributed by atoms with Crippen LogP contribution in [0.4, 0.5) is 0 Å². The molecule has 5 heterocycles. The SMILES string of the molecule is C=C(C)/C(C)=C/C(=C(C)C)n1c(=O)c2cc(-c3cc4c(cc3C(C)Cc3ccccc3CNC=O)CN(C(=O)Cc3ccc(OCCC5CCN(C)CC5)nc3)CC4)n(C)c2c2cc(O)ccc21.CC. The highest BCUT2D eigenvalue weighted by molar-refractivity contribution is 6.08. The first-order valence-electron chi connectivity index (χ1n) is 25.0. The molecule has 1 unspecified atom stereocenters. The van der Waals surface area contributed by atoms with E-state index in [1.54, 1.807) is 22.9 Å². The van der Waals surface area contributed by atoms with Crippen molar-refractivity contribution in [3.63, 3.8) is 0 Å². The number of nitrogens with zero attached hydrogens (tertiary/aromatic N) is 5. The standard InChI is InChI=1S/C57H66N6O5.C2H6/c1-36(2)38(5)26-52(37(3)4)63-51-15-14-46(65)30-49(51)56-50(57(63)67)31-53(61(56)8)48-28-43-19-23-62(34-45(43)29-47(48)39(6)25-42-11-9-10-12-44(42)33-58-35-64)55(66)27-41-13-16-54(59-32-41)68-24-20-40-17-21-60(7)22-18-40;1-2/h9-16,26,28-32,35,39-40,65H,1,17-25,27,33-34H2,2-8H3,(H,58,64);1-2H3/b38-26+;. The number of carbonyl (C=O) groups is 2. The number of aromatic hydroxyl groups is 1. The first-order chi connectivity index (χ1) is 33.7. The summed E-state index contributed by atoms with van der Waals surface area (Å²) in [4.78, 5) is 49.2. The molecule has 8 rings (SSSR count). The Hall–Kier alpha value is -6.72. The van der Waals surface area contributed by atoms with Crippen LogP contribution in [0.2, 0.25) is 0 Å². The molecular weight excluding hydrogens is 873 g/mol. The van der Waals surface area contributed by atoms with Crippen molar-refractivity contribution in [3.05, 3.63) is 152 Å².